The number of carboxylic acid groups (broad SMARTS) is 1. The smallest absolute Gasteiger partial charge is 0.320 e. The molecule has 0 aromatic carbocycles. The largest absolute Gasteiger partial charge is 0.480 e. The molecule has 1 aliphatic carbocycles. The van der Waals surface area contributed by atoms with Gasteiger partial charge in [-0.1, -0.05) is 47.5 Å². The molecular weight excluding hydrogens is 226 g/mol. The molecule has 0 heterocycles. The summed E-state index contributed by atoms with van der Waals surface area (Å²) in [5.74, 6) is -0.0138. The molecule has 3 unspecified atom stereocenters. The van der Waals surface area contributed by atoms with Crippen molar-refractivity contribution in [3.8, 4) is 0 Å². The minimum absolute atomic E-state index is 0.130. The van der Waals surface area contributed by atoms with Crippen LogP contribution in [-0.4, -0.2) is 23.2 Å². The summed E-state index contributed by atoms with van der Waals surface area (Å²) in [6, 6.07) is -0.0693. The maximum Gasteiger partial charge on any atom is 0.320 e. The van der Waals surface area contributed by atoms with Gasteiger partial charge in [-0.25, -0.2) is 0 Å². The van der Waals surface area contributed by atoms with Gasteiger partial charge in [-0.2, -0.15) is 0 Å². The summed E-state index contributed by atoms with van der Waals surface area (Å²) in [5.41, 5.74) is 0.248. The summed E-state index contributed by atoms with van der Waals surface area (Å²) < 4.78 is 0. The Balaban J connectivity index is 2.75. The first kappa shape index (κ1) is 15.5. The Morgan fingerprint density at radius 3 is 2.22 bits per heavy atom. The van der Waals surface area contributed by atoms with Crippen molar-refractivity contribution >= 4 is 5.97 Å². The summed E-state index contributed by atoms with van der Waals surface area (Å²) in [6.07, 6.45) is 4.82. The summed E-state index contributed by atoms with van der Waals surface area (Å²) >= 11 is 0. The summed E-state index contributed by atoms with van der Waals surface area (Å²) in [4.78, 5) is 11.3. The van der Waals surface area contributed by atoms with Crippen LogP contribution in [0, 0.1) is 17.3 Å². The molecule has 3 heteroatoms. The van der Waals surface area contributed by atoms with E-state index in [1.165, 1.54) is 19.3 Å². The lowest BCUT2D eigenvalue weighted by Gasteiger charge is -2.42. The van der Waals surface area contributed by atoms with Crippen molar-refractivity contribution in [1.29, 1.82) is 0 Å². The van der Waals surface area contributed by atoms with Gasteiger partial charge in [0.05, 0.1) is 0 Å². The highest BCUT2D eigenvalue weighted by molar-refractivity contribution is 5.73. The van der Waals surface area contributed by atoms with Crippen LogP contribution in [0.3, 0.4) is 0 Å². The molecular formula is C15H29NO2. The molecule has 0 aromatic heterocycles. The third kappa shape index (κ3) is 3.98. The average molecular weight is 255 g/mol. The van der Waals surface area contributed by atoms with Crippen molar-refractivity contribution in [2.45, 2.75) is 72.4 Å². The average Bonchev–Trinajstić information content (AvgIpc) is 2.24. The van der Waals surface area contributed by atoms with E-state index in [9.17, 15) is 9.90 Å². The van der Waals surface area contributed by atoms with Crippen LogP contribution < -0.4 is 5.32 Å². The first-order chi connectivity index (χ1) is 8.23. The molecule has 3 nitrogen and oxygen atoms in total. The third-order valence-corrected chi connectivity index (χ3v) is 4.20. The lowest BCUT2D eigenvalue weighted by Crippen LogP contribution is -2.52. The standard InChI is InChI=1S/C15H29NO2/c1-10(2)13(14(17)18)16-12-9-7-6-8-11(12)15(3,4)5/h10-13,16H,6-9H2,1-5H3,(H,17,18). The Kier molecular flexibility index (Phi) is 5.20. The molecule has 0 aromatic rings. The van der Waals surface area contributed by atoms with Crippen LogP contribution in [0.1, 0.15) is 60.3 Å². The Morgan fingerprint density at radius 2 is 1.78 bits per heavy atom. The second-order valence-electron chi connectivity index (χ2n) is 7.09. The van der Waals surface area contributed by atoms with Crippen LogP contribution >= 0.6 is 0 Å². The molecule has 0 saturated heterocycles. The van der Waals surface area contributed by atoms with E-state index in [1.807, 2.05) is 13.8 Å². The van der Waals surface area contributed by atoms with E-state index >= 15 is 0 Å². The van der Waals surface area contributed by atoms with Crippen LogP contribution in [0.15, 0.2) is 0 Å². The second kappa shape index (κ2) is 6.05. The van der Waals surface area contributed by atoms with E-state index in [0.29, 0.717) is 12.0 Å². The lowest BCUT2D eigenvalue weighted by molar-refractivity contribution is -0.141. The van der Waals surface area contributed by atoms with Crippen LogP contribution in [0.2, 0.25) is 0 Å². The van der Waals surface area contributed by atoms with Crippen molar-refractivity contribution in [3.05, 3.63) is 0 Å². The number of hydrogen-bond acceptors (Lipinski definition) is 2. The molecule has 1 rings (SSSR count). The predicted molar refractivity (Wildman–Crippen MR) is 74.6 cm³/mol. The zero-order valence-corrected chi connectivity index (χ0v) is 12.5. The van der Waals surface area contributed by atoms with E-state index in [-0.39, 0.29) is 11.3 Å². The molecule has 2 N–H and O–H groups in total. The molecule has 0 spiro atoms. The van der Waals surface area contributed by atoms with E-state index in [2.05, 4.69) is 26.1 Å². The number of hydrogen-bond donors (Lipinski definition) is 2. The minimum atomic E-state index is -0.719. The molecule has 3 atom stereocenters. The molecule has 0 radical (unpaired) electrons. The fourth-order valence-corrected chi connectivity index (χ4v) is 3.15. The SMILES string of the molecule is CC(C)C(NC1CCCCC1C(C)(C)C)C(=O)O. The lowest BCUT2D eigenvalue weighted by atomic mass is 9.69. The molecule has 1 fully saturated rings. The first-order valence-electron chi connectivity index (χ1n) is 7.22. The quantitative estimate of drug-likeness (QED) is 0.810. The zero-order chi connectivity index (χ0) is 13.9. The Bertz CT molecular complexity index is 281. The van der Waals surface area contributed by atoms with Gasteiger partial charge in [-0.05, 0) is 30.1 Å². The third-order valence-electron chi connectivity index (χ3n) is 4.20. The summed E-state index contributed by atoms with van der Waals surface area (Å²) in [7, 11) is 0. The molecule has 106 valence electrons. The van der Waals surface area contributed by atoms with Crippen LogP contribution in [0.25, 0.3) is 0 Å². The second-order valence-corrected chi connectivity index (χ2v) is 7.09. The Hall–Kier alpha value is -0.570. The number of carboxylic acids is 1. The molecule has 0 bridgehead atoms. The van der Waals surface area contributed by atoms with Crippen LogP contribution in [-0.2, 0) is 4.79 Å². The van der Waals surface area contributed by atoms with Crippen molar-refractivity contribution in [2.24, 2.45) is 17.3 Å². The number of rotatable bonds is 4. The van der Waals surface area contributed by atoms with Gasteiger partial charge < -0.3 is 10.4 Å². The van der Waals surface area contributed by atoms with Crippen molar-refractivity contribution in [1.82, 2.24) is 5.32 Å². The maximum absolute atomic E-state index is 11.3. The van der Waals surface area contributed by atoms with E-state index < -0.39 is 12.0 Å². The topological polar surface area (TPSA) is 49.3 Å². The van der Waals surface area contributed by atoms with E-state index in [1.54, 1.807) is 0 Å². The fourth-order valence-electron chi connectivity index (χ4n) is 3.15. The first-order valence-corrected chi connectivity index (χ1v) is 7.22. The highest BCUT2D eigenvalue weighted by Crippen LogP contribution is 2.38. The fraction of sp³-hybridized carbons (Fsp3) is 0.933. The highest BCUT2D eigenvalue weighted by atomic mass is 16.4. The van der Waals surface area contributed by atoms with Gasteiger partial charge >= 0.3 is 5.97 Å². The normalized spacial score (nSPS) is 27.2. The minimum Gasteiger partial charge on any atom is -0.480 e. The van der Waals surface area contributed by atoms with Gasteiger partial charge in [0.25, 0.3) is 0 Å². The molecule has 0 aliphatic heterocycles. The van der Waals surface area contributed by atoms with Crippen LogP contribution in [0.5, 0.6) is 0 Å². The van der Waals surface area contributed by atoms with Gasteiger partial charge in [0, 0.05) is 6.04 Å². The summed E-state index contributed by atoms with van der Waals surface area (Å²) in [6.45, 7) is 10.7. The molecule has 1 saturated carbocycles. The highest BCUT2D eigenvalue weighted by Gasteiger charge is 2.36. The van der Waals surface area contributed by atoms with Crippen molar-refractivity contribution < 1.29 is 9.90 Å². The predicted octanol–water partition coefficient (Wildman–Crippen LogP) is 3.29. The van der Waals surface area contributed by atoms with Gasteiger partial charge in [0.1, 0.15) is 6.04 Å². The molecule has 18 heavy (non-hydrogen) atoms. The van der Waals surface area contributed by atoms with E-state index in [0.717, 1.165) is 6.42 Å². The monoisotopic (exact) mass is 255 g/mol. The zero-order valence-electron chi connectivity index (χ0n) is 12.5. The van der Waals surface area contributed by atoms with Crippen molar-refractivity contribution in [2.75, 3.05) is 0 Å². The Labute approximate surface area is 111 Å². The van der Waals surface area contributed by atoms with Crippen LogP contribution in [0.4, 0.5) is 0 Å². The number of carbonyl (C=O) groups is 1. The maximum atomic E-state index is 11.3. The number of nitrogens with one attached hydrogen (secondary N) is 1. The van der Waals surface area contributed by atoms with Crippen molar-refractivity contribution in [3.63, 3.8) is 0 Å². The van der Waals surface area contributed by atoms with Gasteiger partial charge in [0.15, 0.2) is 0 Å². The van der Waals surface area contributed by atoms with Gasteiger partial charge in [-0.15, -0.1) is 0 Å². The van der Waals surface area contributed by atoms with E-state index in [4.69, 9.17) is 0 Å². The van der Waals surface area contributed by atoms with Gasteiger partial charge in [0.2, 0.25) is 0 Å². The molecule has 1 aliphatic rings. The molecule has 0 amide bonds. The Morgan fingerprint density at radius 1 is 1.22 bits per heavy atom. The summed E-state index contributed by atoms with van der Waals surface area (Å²) in [5, 5.41) is 12.7. The number of aliphatic carboxylic acids is 1. The van der Waals surface area contributed by atoms with Gasteiger partial charge in [-0.3, -0.25) is 4.79 Å².